The lowest BCUT2D eigenvalue weighted by molar-refractivity contribution is -0.139. The molecule has 0 aromatic heterocycles. The van der Waals surface area contributed by atoms with Crippen LogP contribution in [0.5, 0.6) is 0 Å². The minimum absolute atomic E-state index is 0.0395. The SMILES string of the molecule is CC1(C)CC(C(=O)O)c2ccc(Br)cc21. The summed E-state index contributed by atoms with van der Waals surface area (Å²) in [6, 6.07) is 5.88. The van der Waals surface area contributed by atoms with Crippen LogP contribution in [0.25, 0.3) is 0 Å². The van der Waals surface area contributed by atoms with Crippen LogP contribution in [0.1, 0.15) is 37.3 Å². The maximum Gasteiger partial charge on any atom is 0.311 e. The average Bonchev–Trinajstić information content (AvgIpc) is 2.39. The predicted octanol–water partition coefficient (Wildman–Crippen LogP) is 3.30. The lowest BCUT2D eigenvalue weighted by Gasteiger charge is -2.18. The van der Waals surface area contributed by atoms with Crippen molar-refractivity contribution < 1.29 is 9.90 Å². The number of hydrogen-bond donors (Lipinski definition) is 1. The Bertz CT molecular complexity index is 424. The summed E-state index contributed by atoms with van der Waals surface area (Å²) in [4.78, 5) is 11.1. The van der Waals surface area contributed by atoms with Gasteiger partial charge in [-0.2, -0.15) is 0 Å². The third-order valence-electron chi connectivity index (χ3n) is 3.13. The van der Waals surface area contributed by atoms with Gasteiger partial charge in [0.05, 0.1) is 5.92 Å². The van der Waals surface area contributed by atoms with Gasteiger partial charge in [-0.15, -0.1) is 0 Å². The molecule has 0 aliphatic heterocycles. The molecule has 2 nitrogen and oxygen atoms in total. The zero-order valence-corrected chi connectivity index (χ0v) is 10.3. The van der Waals surface area contributed by atoms with Crippen molar-refractivity contribution in [1.82, 2.24) is 0 Å². The molecular formula is C12H13BrO2. The number of carboxylic acids is 1. The largest absolute Gasteiger partial charge is 0.481 e. The monoisotopic (exact) mass is 268 g/mol. The van der Waals surface area contributed by atoms with Gasteiger partial charge in [-0.05, 0) is 35.1 Å². The number of carbonyl (C=O) groups is 1. The highest BCUT2D eigenvalue weighted by Crippen LogP contribution is 2.46. The molecule has 3 heteroatoms. The molecule has 1 aliphatic rings. The number of halogens is 1. The molecule has 2 rings (SSSR count). The van der Waals surface area contributed by atoms with Gasteiger partial charge in [-0.25, -0.2) is 0 Å². The fraction of sp³-hybridized carbons (Fsp3) is 0.417. The Morgan fingerprint density at radius 2 is 2.20 bits per heavy atom. The molecular weight excluding hydrogens is 256 g/mol. The Morgan fingerprint density at radius 1 is 1.53 bits per heavy atom. The summed E-state index contributed by atoms with van der Waals surface area (Å²) in [5, 5.41) is 9.15. The van der Waals surface area contributed by atoms with Gasteiger partial charge in [0.1, 0.15) is 0 Å². The van der Waals surface area contributed by atoms with E-state index in [0.29, 0.717) is 6.42 Å². The van der Waals surface area contributed by atoms with Crippen LogP contribution in [0.15, 0.2) is 22.7 Å². The van der Waals surface area contributed by atoms with E-state index in [9.17, 15) is 4.79 Å². The second kappa shape index (κ2) is 3.34. The van der Waals surface area contributed by atoms with E-state index in [0.717, 1.165) is 15.6 Å². The smallest absolute Gasteiger partial charge is 0.311 e. The maximum absolute atomic E-state index is 11.1. The van der Waals surface area contributed by atoms with Crippen molar-refractivity contribution in [2.75, 3.05) is 0 Å². The predicted molar refractivity (Wildman–Crippen MR) is 62.2 cm³/mol. The van der Waals surface area contributed by atoms with Crippen LogP contribution >= 0.6 is 15.9 Å². The zero-order chi connectivity index (χ0) is 11.2. The Morgan fingerprint density at radius 3 is 2.80 bits per heavy atom. The summed E-state index contributed by atoms with van der Waals surface area (Å²) in [5.41, 5.74) is 2.09. The molecule has 0 amide bonds. The maximum atomic E-state index is 11.1. The van der Waals surface area contributed by atoms with E-state index in [4.69, 9.17) is 5.11 Å². The van der Waals surface area contributed by atoms with E-state index in [1.54, 1.807) is 0 Å². The molecule has 1 aliphatic carbocycles. The Balaban J connectivity index is 2.58. The number of aliphatic carboxylic acids is 1. The zero-order valence-electron chi connectivity index (χ0n) is 8.75. The molecule has 0 fully saturated rings. The fourth-order valence-corrected chi connectivity index (χ4v) is 2.73. The summed E-state index contributed by atoms with van der Waals surface area (Å²) < 4.78 is 1.01. The third-order valence-corrected chi connectivity index (χ3v) is 3.63. The topological polar surface area (TPSA) is 37.3 Å². The van der Waals surface area contributed by atoms with Crippen LogP contribution in [0.3, 0.4) is 0 Å². The standard InChI is InChI=1S/C12H13BrO2/c1-12(2)6-9(11(14)15)8-4-3-7(13)5-10(8)12/h3-5,9H,6H2,1-2H3,(H,14,15). The second-order valence-electron chi connectivity index (χ2n) is 4.71. The fourth-order valence-electron chi connectivity index (χ4n) is 2.37. The van der Waals surface area contributed by atoms with E-state index in [-0.39, 0.29) is 11.3 Å². The Kier molecular flexibility index (Phi) is 2.38. The van der Waals surface area contributed by atoms with Crippen molar-refractivity contribution >= 4 is 21.9 Å². The molecule has 0 radical (unpaired) electrons. The van der Waals surface area contributed by atoms with Gasteiger partial charge in [-0.3, -0.25) is 4.79 Å². The van der Waals surface area contributed by atoms with E-state index in [2.05, 4.69) is 29.8 Å². The quantitative estimate of drug-likeness (QED) is 0.849. The molecule has 0 bridgehead atoms. The van der Waals surface area contributed by atoms with Gasteiger partial charge in [0.25, 0.3) is 0 Å². The first-order chi connectivity index (χ1) is 6.92. The minimum atomic E-state index is -0.718. The van der Waals surface area contributed by atoms with Crippen LogP contribution in [0, 0.1) is 0 Å². The van der Waals surface area contributed by atoms with Gasteiger partial charge in [-0.1, -0.05) is 35.8 Å². The van der Waals surface area contributed by atoms with E-state index < -0.39 is 5.97 Å². The van der Waals surface area contributed by atoms with Gasteiger partial charge in [0.15, 0.2) is 0 Å². The van der Waals surface area contributed by atoms with E-state index >= 15 is 0 Å². The molecule has 0 saturated heterocycles. The highest BCUT2D eigenvalue weighted by molar-refractivity contribution is 9.10. The van der Waals surface area contributed by atoms with Crippen LogP contribution < -0.4 is 0 Å². The van der Waals surface area contributed by atoms with Crippen LogP contribution in [-0.4, -0.2) is 11.1 Å². The molecule has 0 spiro atoms. The van der Waals surface area contributed by atoms with Gasteiger partial charge < -0.3 is 5.11 Å². The summed E-state index contributed by atoms with van der Waals surface area (Å²) in [6.07, 6.45) is 0.689. The third kappa shape index (κ3) is 1.69. The molecule has 1 unspecified atom stereocenters. The summed E-state index contributed by atoms with van der Waals surface area (Å²) in [6.45, 7) is 4.20. The van der Waals surface area contributed by atoms with Crippen LogP contribution in [0.4, 0.5) is 0 Å². The van der Waals surface area contributed by atoms with E-state index in [1.807, 2.05) is 18.2 Å². The Hall–Kier alpha value is -0.830. The molecule has 1 aromatic carbocycles. The average molecular weight is 269 g/mol. The van der Waals surface area contributed by atoms with E-state index in [1.165, 1.54) is 0 Å². The van der Waals surface area contributed by atoms with Crippen molar-refractivity contribution in [3.05, 3.63) is 33.8 Å². The van der Waals surface area contributed by atoms with Crippen molar-refractivity contribution in [2.24, 2.45) is 0 Å². The number of benzene rings is 1. The molecule has 1 N–H and O–H groups in total. The number of rotatable bonds is 1. The van der Waals surface area contributed by atoms with Crippen LogP contribution in [-0.2, 0) is 10.2 Å². The van der Waals surface area contributed by atoms with Gasteiger partial charge >= 0.3 is 5.97 Å². The number of carboxylic acid groups (broad SMARTS) is 1. The Labute approximate surface area is 97.4 Å². The molecule has 1 atom stereocenters. The highest BCUT2D eigenvalue weighted by Gasteiger charge is 2.40. The van der Waals surface area contributed by atoms with Crippen molar-refractivity contribution in [1.29, 1.82) is 0 Å². The van der Waals surface area contributed by atoms with Crippen molar-refractivity contribution in [3.63, 3.8) is 0 Å². The van der Waals surface area contributed by atoms with Crippen molar-refractivity contribution in [2.45, 2.75) is 31.6 Å². The summed E-state index contributed by atoms with van der Waals surface area (Å²) in [5.74, 6) is -1.06. The number of hydrogen-bond acceptors (Lipinski definition) is 1. The first kappa shape index (κ1) is 10.7. The lowest BCUT2D eigenvalue weighted by atomic mass is 9.86. The van der Waals surface area contributed by atoms with Gasteiger partial charge in [0, 0.05) is 4.47 Å². The van der Waals surface area contributed by atoms with Crippen molar-refractivity contribution in [3.8, 4) is 0 Å². The summed E-state index contributed by atoms with van der Waals surface area (Å²) in [7, 11) is 0. The molecule has 15 heavy (non-hydrogen) atoms. The van der Waals surface area contributed by atoms with Crippen LogP contribution in [0.2, 0.25) is 0 Å². The minimum Gasteiger partial charge on any atom is -0.481 e. The summed E-state index contributed by atoms with van der Waals surface area (Å²) >= 11 is 3.43. The first-order valence-electron chi connectivity index (χ1n) is 4.94. The normalized spacial score (nSPS) is 22.5. The van der Waals surface area contributed by atoms with Gasteiger partial charge in [0.2, 0.25) is 0 Å². The number of fused-ring (bicyclic) bond motifs is 1. The highest BCUT2D eigenvalue weighted by atomic mass is 79.9. The molecule has 0 heterocycles. The molecule has 80 valence electrons. The first-order valence-corrected chi connectivity index (χ1v) is 5.74. The second-order valence-corrected chi connectivity index (χ2v) is 5.63. The molecule has 1 aromatic rings. The lowest BCUT2D eigenvalue weighted by Crippen LogP contribution is -2.14. The molecule has 0 saturated carbocycles.